The van der Waals surface area contributed by atoms with Gasteiger partial charge in [-0.05, 0) is 48.8 Å². The van der Waals surface area contributed by atoms with Crippen LogP contribution in [0.25, 0.3) is 10.2 Å². The van der Waals surface area contributed by atoms with Crippen molar-refractivity contribution in [2.75, 3.05) is 0 Å². The normalized spacial score (nSPS) is 27.6. The number of carbonyl (C=O) groups excluding carboxylic acids is 2. The van der Waals surface area contributed by atoms with Crippen molar-refractivity contribution in [2.24, 2.45) is 11.8 Å². The summed E-state index contributed by atoms with van der Waals surface area (Å²) in [6.45, 7) is 6.63. The van der Waals surface area contributed by atoms with Crippen LogP contribution in [-0.2, 0) is 17.9 Å². The third-order valence-corrected chi connectivity index (χ3v) is 8.70. The maximum absolute atomic E-state index is 14.6. The van der Waals surface area contributed by atoms with E-state index >= 15 is 0 Å². The summed E-state index contributed by atoms with van der Waals surface area (Å²) in [5.41, 5.74) is 0.790. The molecule has 3 aromatic rings. The van der Waals surface area contributed by atoms with E-state index in [2.05, 4.69) is 19.2 Å². The van der Waals surface area contributed by atoms with Gasteiger partial charge in [0.1, 0.15) is 17.1 Å². The zero-order chi connectivity index (χ0) is 23.3. The molecule has 1 aromatic carbocycles. The Morgan fingerprint density at radius 2 is 2.03 bits per heavy atom. The average molecular weight is 468 g/mol. The van der Waals surface area contributed by atoms with E-state index in [0.29, 0.717) is 29.6 Å². The molecule has 0 saturated heterocycles. The van der Waals surface area contributed by atoms with Crippen molar-refractivity contribution in [3.05, 3.63) is 58.9 Å². The molecule has 1 fully saturated rings. The minimum absolute atomic E-state index is 0.0465. The number of aromatic nitrogens is 1. The molecule has 5 rings (SSSR count). The van der Waals surface area contributed by atoms with Crippen molar-refractivity contribution in [1.29, 1.82) is 0 Å². The molecule has 3 heterocycles. The Hall–Kier alpha value is -2.67. The number of benzene rings is 1. The minimum Gasteiger partial charge on any atom is -0.351 e. The fourth-order valence-electron chi connectivity index (χ4n) is 5.43. The number of amides is 2. The summed E-state index contributed by atoms with van der Waals surface area (Å²) in [7, 11) is 0. The van der Waals surface area contributed by atoms with Crippen molar-refractivity contribution in [3.63, 3.8) is 0 Å². The van der Waals surface area contributed by atoms with Crippen LogP contribution in [0.4, 0.5) is 4.39 Å². The Kier molecular flexibility index (Phi) is 5.55. The molecular formula is C26H30FN3O2S. The lowest BCUT2D eigenvalue weighted by Crippen LogP contribution is -2.65. The molecule has 1 N–H and O–H groups in total. The van der Waals surface area contributed by atoms with Gasteiger partial charge in [0.05, 0.1) is 23.3 Å². The zero-order valence-corrected chi connectivity index (χ0v) is 20.1. The highest BCUT2D eigenvalue weighted by atomic mass is 32.1. The number of hydrogen-bond donors (Lipinski definition) is 1. The van der Waals surface area contributed by atoms with Crippen LogP contribution >= 0.6 is 11.3 Å². The third kappa shape index (κ3) is 3.66. The molecule has 2 amide bonds. The number of rotatable bonds is 4. The first-order chi connectivity index (χ1) is 15.8. The van der Waals surface area contributed by atoms with Crippen LogP contribution in [0.3, 0.4) is 0 Å². The van der Waals surface area contributed by atoms with Gasteiger partial charge in [-0.3, -0.25) is 9.59 Å². The summed E-state index contributed by atoms with van der Waals surface area (Å²) in [5.74, 6) is 0.137. The van der Waals surface area contributed by atoms with Crippen LogP contribution < -0.4 is 5.32 Å². The number of nitrogens with one attached hydrogen (secondary N) is 1. The highest BCUT2D eigenvalue weighted by Gasteiger charge is 2.48. The Morgan fingerprint density at radius 3 is 2.82 bits per heavy atom. The minimum atomic E-state index is -1.14. The number of thiophene rings is 1. The van der Waals surface area contributed by atoms with Gasteiger partial charge < -0.3 is 14.8 Å². The third-order valence-electron chi connectivity index (χ3n) is 7.85. The van der Waals surface area contributed by atoms with Crippen LogP contribution in [0.5, 0.6) is 0 Å². The Morgan fingerprint density at radius 1 is 1.24 bits per heavy atom. The van der Waals surface area contributed by atoms with Crippen molar-refractivity contribution in [2.45, 2.75) is 64.7 Å². The standard InChI is InChI=1S/C26H30FN3O2S/c1-16-7-6-10-20(17(16)2)28-25(32)26(3)15-29-21-11-12-33-23(21)13-22(29)24(31)30(26)14-18-8-4-5-9-19(18)27/h4-5,8-9,11-13,16-17,20H,6-7,10,14-15H2,1-3H3,(H,28,32)/t16-,17+,20+,26-/m1/s1. The summed E-state index contributed by atoms with van der Waals surface area (Å²) in [4.78, 5) is 29.2. The fourth-order valence-corrected chi connectivity index (χ4v) is 6.25. The van der Waals surface area contributed by atoms with E-state index in [4.69, 9.17) is 0 Å². The topological polar surface area (TPSA) is 54.3 Å². The molecule has 5 nitrogen and oxygen atoms in total. The van der Waals surface area contributed by atoms with Crippen LogP contribution in [-0.4, -0.2) is 32.9 Å². The van der Waals surface area contributed by atoms with Gasteiger partial charge in [-0.2, -0.15) is 0 Å². The molecule has 33 heavy (non-hydrogen) atoms. The molecule has 1 saturated carbocycles. The second-order valence-corrected chi connectivity index (χ2v) is 10.8. The monoisotopic (exact) mass is 467 g/mol. The first-order valence-corrected chi connectivity index (χ1v) is 12.6. The van der Waals surface area contributed by atoms with Crippen LogP contribution in [0.2, 0.25) is 0 Å². The summed E-state index contributed by atoms with van der Waals surface area (Å²) in [6.07, 6.45) is 3.20. The molecule has 2 aromatic heterocycles. The second-order valence-electron chi connectivity index (χ2n) is 9.89. The molecule has 0 bridgehead atoms. The molecule has 7 heteroatoms. The van der Waals surface area contributed by atoms with Gasteiger partial charge in [0.25, 0.3) is 5.91 Å². The molecular weight excluding hydrogens is 437 g/mol. The predicted octanol–water partition coefficient (Wildman–Crippen LogP) is 5.20. The number of hydrogen-bond acceptors (Lipinski definition) is 3. The first-order valence-electron chi connectivity index (χ1n) is 11.7. The van der Waals surface area contributed by atoms with Gasteiger partial charge in [-0.1, -0.05) is 44.9 Å². The Bertz CT molecular complexity index is 1220. The van der Waals surface area contributed by atoms with Gasteiger partial charge >= 0.3 is 0 Å². The number of fused-ring (bicyclic) bond motifs is 3. The fraction of sp³-hybridized carbons (Fsp3) is 0.462. The van der Waals surface area contributed by atoms with Crippen molar-refractivity contribution in [3.8, 4) is 0 Å². The van der Waals surface area contributed by atoms with E-state index < -0.39 is 5.54 Å². The van der Waals surface area contributed by atoms with Gasteiger partial charge in [0.15, 0.2) is 0 Å². The summed E-state index contributed by atoms with van der Waals surface area (Å²) in [5, 5.41) is 5.28. The molecule has 174 valence electrons. The van der Waals surface area contributed by atoms with E-state index in [1.165, 1.54) is 12.5 Å². The maximum Gasteiger partial charge on any atom is 0.271 e. The van der Waals surface area contributed by atoms with Gasteiger partial charge in [0.2, 0.25) is 5.91 Å². The van der Waals surface area contributed by atoms with Crippen molar-refractivity contribution in [1.82, 2.24) is 14.8 Å². The second kappa shape index (κ2) is 8.28. The largest absolute Gasteiger partial charge is 0.351 e. The van der Waals surface area contributed by atoms with Crippen molar-refractivity contribution < 1.29 is 14.0 Å². The smallest absolute Gasteiger partial charge is 0.271 e. The first kappa shape index (κ1) is 22.1. The van der Waals surface area contributed by atoms with E-state index in [1.807, 2.05) is 29.0 Å². The molecule has 0 radical (unpaired) electrons. The molecule has 1 aliphatic heterocycles. The predicted molar refractivity (Wildman–Crippen MR) is 129 cm³/mol. The maximum atomic E-state index is 14.6. The molecule has 0 spiro atoms. The zero-order valence-electron chi connectivity index (χ0n) is 19.3. The van der Waals surface area contributed by atoms with E-state index in [1.54, 1.807) is 34.4 Å². The number of halogens is 1. The number of nitrogens with zero attached hydrogens (tertiary/aromatic N) is 2. The summed E-state index contributed by atoms with van der Waals surface area (Å²) in [6, 6.07) is 10.4. The number of carbonyl (C=O) groups is 2. The van der Waals surface area contributed by atoms with Crippen LogP contribution in [0, 0.1) is 17.7 Å². The Labute approximate surface area is 197 Å². The molecule has 4 atom stereocenters. The van der Waals surface area contributed by atoms with E-state index in [0.717, 1.165) is 23.1 Å². The highest BCUT2D eigenvalue weighted by molar-refractivity contribution is 7.17. The van der Waals surface area contributed by atoms with Gasteiger partial charge in [-0.25, -0.2) is 4.39 Å². The Balaban J connectivity index is 1.54. The van der Waals surface area contributed by atoms with E-state index in [-0.39, 0.29) is 30.2 Å². The summed E-state index contributed by atoms with van der Waals surface area (Å²) < 4.78 is 17.5. The quantitative estimate of drug-likeness (QED) is 0.574. The lowest BCUT2D eigenvalue weighted by atomic mass is 9.77. The molecule has 0 unspecified atom stereocenters. The van der Waals surface area contributed by atoms with Crippen LogP contribution in [0.15, 0.2) is 41.8 Å². The highest BCUT2D eigenvalue weighted by Crippen LogP contribution is 2.36. The van der Waals surface area contributed by atoms with Gasteiger partial charge in [0, 0.05) is 11.6 Å². The summed E-state index contributed by atoms with van der Waals surface area (Å²) >= 11 is 1.58. The van der Waals surface area contributed by atoms with Crippen LogP contribution in [0.1, 0.15) is 56.1 Å². The molecule has 2 aliphatic rings. The molecule has 1 aliphatic carbocycles. The average Bonchev–Trinajstić information content (AvgIpc) is 3.38. The van der Waals surface area contributed by atoms with Crippen molar-refractivity contribution >= 4 is 33.4 Å². The van der Waals surface area contributed by atoms with E-state index in [9.17, 15) is 14.0 Å². The van der Waals surface area contributed by atoms with Gasteiger partial charge in [-0.15, -0.1) is 11.3 Å². The lowest BCUT2D eigenvalue weighted by Gasteiger charge is -2.45. The SMILES string of the molecule is C[C@H]1[C@H](C)CCC[C@@H]1NC(=O)[C@@]1(C)Cn2c(cc3sccc32)C(=O)N1Cc1ccccc1F. The lowest BCUT2D eigenvalue weighted by molar-refractivity contribution is -0.134.